The van der Waals surface area contributed by atoms with Gasteiger partial charge in [-0.05, 0) is 18.1 Å². The minimum Gasteiger partial charge on any atom is -0.481 e. The van der Waals surface area contributed by atoms with E-state index in [9.17, 15) is 14.7 Å². The van der Waals surface area contributed by atoms with E-state index < -0.39 is 11.9 Å². The predicted octanol–water partition coefficient (Wildman–Crippen LogP) is 1.20. The molecule has 0 bridgehead atoms. The number of morpholine rings is 1. The summed E-state index contributed by atoms with van der Waals surface area (Å²) in [7, 11) is 0. The number of carbonyl (C=O) groups excluding carboxylic acids is 1. The second-order valence-corrected chi connectivity index (χ2v) is 5.36. The van der Waals surface area contributed by atoms with E-state index >= 15 is 0 Å². The normalized spacial score (nSPS) is 21.8. The van der Waals surface area contributed by atoms with Crippen LogP contribution >= 0.6 is 0 Å². The number of carboxylic acid groups (broad SMARTS) is 1. The maximum Gasteiger partial charge on any atom is 0.324 e. The molecule has 1 aromatic carbocycles. The molecule has 0 saturated carbocycles. The molecule has 2 aliphatic rings. The highest BCUT2D eigenvalue weighted by Gasteiger charge is 2.34. The molecule has 1 unspecified atom stereocenters. The lowest BCUT2D eigenvalue weighted by Crippen LogP contribution is -2.52. The summed E-state index contributed by atoms with van der Waals surface area (Å²) in [5.74, 6) is -1.41. The first-order valence-electron chi connectivity index (χ1n) is 7.11. The third-order valence-corrected chi connectivity index (χ3v) is 4.01. The second kappa shape index (κ2) is 5.73. The van der Waals surface area contributed by atoms with Crippen molar-refractivity contribution in [2.45, 2.75) is 6.42 Å². The number of urea groups is 1. The number of hydrogen-bond acceptors (Lipinski definition) is 3. The highest BCUT2D eigenvalue weighted by Crippen LogP contribution is 2.30. The third kappa shape index (κ3) is 2.71. The maximum absolute atomic E-state index is 12.7. The number of fused-ring (bicyclic) bond motifs is 1. The van der Waals surface area contributed by atoms with Gasteiger partial charge in [0.1, 0.15) is 0 Å². The molecule has 1 atom stereocenters. The van der Waals surface area contributed by atoms with Crippen LogP contribution in [0.3, 0.4) is 0 Å². The van der Waals surface area contributed by atoms with Gasteiger partial charge >= 0.3 is 12.0 Å². The molecule has 0 radical (unpaired) electrons. The smallest absolute Gasteiger partial charge is 0.324 e. The number of rotatable bonds is 1. The minimum atomic E-state index is -0.857. The third-order valence-electron chi connectivity index (χ3n) is 4.01. The summed E-state index contributed by atoms with van der Waals surface area (Å²) in [6, 6.07) is 7.40. The van der Waals surface area contributed by atoms with Crippen LogP contribution in [0.5, 0.6) is 0 Å². The lowest BCUT2D eigenvalue weighted by Gasteiger charge is -2.37. The quantitative estimate of drug-likeness (QED) is 0.844. The molecule has 21 heavy (non-hydrogen) atoms. The highest BCUT2D eigenvalue weighted by atomic mass is 16.5. The number of aliphatic carboxylic acids is 1. The van der Waals surface area contributed by atoms with Gasteiger partial charge in [0.25, 0.3) is 0 Å². The molecule has 2 amide bonds. The van der Waals surface area contributed by atoms with Gasteiger partial charge in [-0.15, -0.1) is 0 Å². The molecular weight excluding hydrogens is 272 g/mol. The molecule has 1 fully saturated rings. The van der Waals surface area contributed by atoms with Crippen LogP contribution in [0.1, 0.15) is 5.56 Å². The topological polar surface area (TPSA) is 70.1 Å². The van der Waals surface area contributed by atoms with Crippen LogP contribution in [0.25, 0.3) is 0 Å². The highest BCUT2D eigenvalue weighted by molar-refractivity contribution is 5.94. The average Bonchev–Trinajstić information content (AvgIpc) is 2.54. The lowest BCUT2D eigenvalue weighted by atomic mass is 9.93. The lowest BCUT2D eigenvalue weighted by molar-refractivity contribution is -0.141. The standard InChI is InChI=1S/C15H18N2O4/c18-14(19)12-9-11-3-1-2-4-13(11)17(10-12)15(20)16-5-7-21-8-6-16/h1-4,12H,5-10H2,(H,18,19). The van der Waals surface area contributed by atoms with E-state index in [0.717, 1.165) is 11.3 Å². The number of nitrogens with zero attached hydrogens (tertiary/aromatic N) is 2. The van der Waals surface area contributed by atoms with E-state index in [1.54, 1.807) is 9.80 Å². The van der Waals surface area contributed by atoms with Crippen molar-refractivity contribution >= 4 is 17.7 Å². The van der Waals surface area contributed by atoms with E-state index in [4.69, 9.17) is 4.74 Å². The Labute approximate surface area is 122 Å². The largest absolute Gasteiger partial charge is 0.481 e. The zero-order chi connectivity index (χ0) is 14.8. The van der Waals surface area contributed by atoms with Crippen LogP contribution in [0.4, 0.5) is 10.5 Å². The van der Waals surface area contributed by atoms with Crippen molar-refractivity contribution in [1.82, 2.24) is 4.90 Å². The van der Waals surface area contributed by atoms with Crippen LogP contribution in [-0.4, -0.2) is 54.9 Å². The van der Waals surface area contributed by atoms with E-state index in [1.807, 2.05) is 24.3 Å². The summed E-state index contributed by atoms with van der Waals surface area (Å²) in [6.07, 6.45) is 0.471. The Kier molecular flexibility index (Phi) is 3.79. The molecule has 6 nitrogen and oxygen atoms in total. The van der Waals surface area contributed by atoms with Crippen LogP contribution in [0.15, 0.2) is 24.3 Å². The van der Waals surface area contributed by atoms with Crippen molar-refractivity contribution in [2.24, 2.45) is 5.92 Å². The molecule has 2 aliphatic heterocycles. The fraction of sp³-hybridized carbons (Fsp3) is 0.467. The summed E-state index contributed by atoms with van der Waals surface area (Å²) in [5, 5.41) is 9.30. The number of hydrogen-bond donors (Lipinski definition) is 1. The Hall–Kier alpha value is -2.08. The maximum atomic E-state index is 12.7. The van der Waals surface area contributed by atoms with Crippen molar-refractivity contribution in [1.29, 1.82) is 0 Å². The van der Waals surface area contributed by atoms with Crippen LogP contribution in [0, 0.1) is 5.92 Å². The van der Waals surface area contributed by atoms with Crippen molar-refractivity contribution in [2.75, 3.05) is 37.7 Å². The van der Waals surface area contributed by atoms with E-state index in [2.05, 4.69) is 0 Å². The number of carboxylic acids is 1. The summed E-state index contributed by atoms with van der Waals surface area (Å²) < 4.78 is 5.26. The predicted molar refractivity (Wildman–Crippen MR) is 76.4 cm³/mol. The number of carbonyl (C=O) groups is 2. The van der Waals surface area contributed by atoms with E-state index in [1.165, 1.54) is 0 Å². The SMILES string of the molecule is O=C(O)C1Cc2ccccc2N(C(=O)N2CCOCC2)C1. The molecule has 0 spiro atoms. The van der Waals surface area contributed by atoms with Gasteiger partial charge in [0.05, 0.1) is 19.1 Å². The van der Waals surface area contributed by atoms with Gasteiger partial charge in [-0.2, -0.15) is 0 Å². The van der Waals surface area contributed by atoms with Gasteiger partial charge in [0.2, 0.25) is 0 Å². The fourth-order valence-electron chi connectivity index (χ4n) is 2.87. The summed E-state index contributed by atoms with van der Waals surface area (Å²) >= 11 is 0. The molecule has 0 aliphatic carbocycles. The Morgan fingerprint density at radius 1 is 1.19 bits per heavy atom. The molecule has 1 N–H and O–H groups in total. The number of para-hydroxylation sites is 1. The minimum absolute atomic E-state index is 0.128. The van der Waals surface area contributed by atoms with Crippen LogP contribution in [-0.2, 0) is 16.0 Å². The first-order valence-corrected chi connectivity index (χ1v) is 7.11. The first-order chi connectivity index (χ1) is 10.2. The van der Waals surface area contributed by atoms with E-state index in [-0.39, 0.29) is 12.6 Å². The molecular formula is C15H18N2O4. The second-order valence-electron chi connectivity index (χ2n) is 5.36. The molecule has 2 heterocycles. The van der Waals surface area contributed by atoms with Gasteiger partial charge in [0.15, 0.2) is 0 Å². The molecule has 3 rings (SSSR count). The van der Waals surface area contributed by atoms with Crippen LogP contribution < -0.4 is 4.90 Å². The first kappa shape index (κ1) is 13.9. The van der Waals surface area contributed by atoms with Crippen molar-refractivity contribution < 1.29 is 19.4 Å². The summed E-state index contributed by atoms with van der Waals surface area (Å²) in [5.41, 5.74) is 1.74. The zero-order valence-electron chi connectivity index (χ0n) is 11.7. The zero-order valence-corrected chi connectivity index (χ0v) is 11.7. The molecule has 112 valence electrons. The van der Waals surface area contributed by atoms with Crippen LogP contribution in [0.2, 0.25) is 0 Å². The average molecular weight is 290 g/mol. The Balaban J connectivity index is 1.88. The number of amides is 2. The van der Waals surface area contributed by atoms with Crippen molar-refractivity contribution in [3.63, 3.8) is 0 Å². The van der Waals surface area contributed by atoms with Crippen molar-refractivity contribution in [3.8, 4) is 0 Å². The molecule has 0 aromatic heterocycles. The molecule has 6 heteroatoms. The van der Waals surface area contributed by atoms with Gasteiger partial charge in [-0.25, -0.2) is 4.79 Å². The van der Waals surface area contributed by atoms with E-state index in [0.29, 0.717) is 32.7 Å². The molecule has 1 saturated heterocycles. The number of ether oxygens (including phenoxy) is 1. The number of anilines is 1. The van der Waals surface area contributed by atoms with Gasteiger partial charge < -0.3 is 14.7 Å². The number of benzene rings is 1. The Morgan fingerprint density at radius 3 is 2.62 bits per heavy atom. The Morgan fingerprint density at radius 2 is 1.90 bits per heavy atom. The van der Waals surface area contributed by atoms with Gasteiger partial charge in [-0.1, -0.05) is 18.2 Å². The van der Waals surface area contributed by atoms with Gasteiger partial charge in [0, 0.05) is 25.3 Å². The molecule has 1 aromatic rings. The Bertz CT molecular complexity index is 554. The fourth-order valence-corrected chi connectivity index (χ4v) is 2.87. The summed E-state index contributed by atoms with van der Waals surface area (Å²) in [4.78, 5) is 27.4. The van der Waals surface area contributed by atoms with Crippen molar-refractivity contribution in [3.05, 3.63) is 29.8 Å². The summed E-state index contributed by atoms with van der Waals surface area (Å²) in [6.45, 7) is 2.39. The monoisotopic (exact) mass is 290 g/mol. The van der Waals surface area contributed by atoms with Gasteiger partial charge in [-0.3, -0.25) is 9.69 Å².